The largest absolute Gasteiger partial charge is 0.370 e. The van der Waals surface area contributed by atoms with Gasteiger partial charge < -0.3 is 15.5 Å². The molecule has 0 unspecified atom stereocenters. The molecule has 3 aromatic rings. The number of nitrogens with zero attached hydrogens (tertiary/aromatic N) is 3. The Balaban J connectivity index is 1.43. The fraction of sp³-hybridized carbons (Fsp3) is 0.190. The maximum absolute atomic E-state index is 13.8. The van der Waals surface area contributed by atoms with Gasteiger partial charge in [0, 0.05) is 30.5 Å². The number of halogens is 3. The van der Waals surface area contributed by atoms with Gasteiger partial charge in [0.25, 0.3) is 5.91 Å². The molecule has 1 fully saturated rings. The Morgan fingerprint density at radius 3 is 2.37 bits per heavy atom. The van der Waals surface area contributed by atoms with Gasteiger partial charge in [-0.15, -0.1) is 5.10 Å². The molecule has 0 radical (unpaired) electrons. The second kappa shape index (κ2) is 8.40. The van der Waals surface area contributed by atoms with Crippen molar-refractivity contribution in [2.75, 3.05) is 28.6 Å². The van der Waals surface area contributed by atoms with Crippen LogP contribution in [-0.4, -0.2) is 29.2 Å². The summed E-state index contributed by atoms with van der Waals surface area (Å²) in [6, 6.07) is 10.1. The fourth-order valence-electron chi connectivity index (χ4n) is 3.25. The Bertz CT molecular complexity index is 1070. The summed E-state index contributed by atoms with van der Waals surface area (Å²) in [5.41, 5.74) is 1.50. The summed E-state index contributed by atoms with van der Waals surface area (Å²) in [6.45, 7) is 2.00. The monoisotopic (exact) mass is 413 g/mol. The van der Waals surface area contributed by atoms with Gasteiger partial charge in [-0.25, -0.2) is 13.2 Å². The minimum absolute atomic E-state index is 0.367. The standard InChI is InChI=1S/C21H18F3N5O/c22-17-8-7-16(19(23)20(17)24)21(30)27-14-5-3-13(4-6-14)26-18-11-15(12-25-28-18)29-9-1-2-10-29/h3-8,11-12H,1-2,9-10H2,(H,26,28)(H,27,30). The molecule has 0 spiro atoms. The van der Waals surface area contributed by atoms with Crippen molar-refractivity contribution >= 4 is 28.8 Å². The molecule has 4 rings (SSSR count). The molecule has 2 N–H and O–H groups in total. The predicted molar refractivity (Wildman–Crippen MR) is 107 cm³/mol. The summed E-state index contributed by atoms with van der Waals surface area (Å²) in [6.07, 6.45) is 4.05. The van der Waals surface area contributed by atoms with Crippen molar-refractivity contribution < 1.29 is 18.0 Å². The highest BCUT2D eigenvalue weighted by molar-refractivity contribution is 6.04. The average Bonchev–Trinajstić information content (AvgIpc) is 3.29. The van der Waals surface area contributed by atoms with E-state index < -0.39 is 28.9 Å². The maximum Gasteiger partial charge on any atom is 0.258 e. The minimum atomic E-state index is -1.68. The van der Waals surface area contributed by atoms with Crippen LogP contribution in [0.4, 0.5) is 36.1 Å². The van der Waals surface area contributed by atoms with E-state index in [2.05, 4.69) is 25.7 Å². The van der Waals surface area contributed by atoms with E-state index in [1.165, 1.54) is 0 Å². The summed E-state index contributed by atoms with van der Waals surface area (Å²) < 4.78 is 40.1. The smallest absolute Gasteiger partial charge is 0.258 e. The zero-order valence-corrected chi connectivity index (χ0v) is 15.8. The molecule has 1 aliphatic heterocycles. The van der Waals surface area contributed by atoms with Crippen LogP contribution in [0.1, 0.15) is 23.2 Å². The third-order valence-corrected chi connectivity index (χ3v) is 4.81. The molecule has 0 bridgehead atoms. The number of nitrogens with one attached hydrogen (secondary N) is 2. The normalized spacial score (nSPS) is 13.4. The van der Waals surface area contributed by atoms with E-state index in [0.717, 1.165) is 37.7 Å². The number of carbonyl (C=O) groups is 1. The SMILES string of the molecule is O=C(Nc1ccc(Nc2cc(N3CCCC3)cnn2)cc1)c1ccc(F)c(F)c1F. The Kier molecular flexibility index (Phi) is 5.51. The topological polar surface area (TPSA) is 70.2 Å². The van der Waals surface area contributed by atoms with Crippen molar-refractivity contribution in [1.29, 1.82) is 0 Å². The van der Waals surface area contributed by atoms with E-state index >= 15 is 0 Å². The molecule has 0 saturated carbocycles. The number of carbonyl (C=O) groups excluding carboxylic acids is 1. The molecule has 6 nitrogen and oxygen atoms in total. The first-order valence-electron chi connectivity index (χ1n) is 9.41. The Morgan fingerprint density at radius 2 is 1.63 bits per heavy atom. The summed E-state index contributed by atoms with van der Waals surface area (Å²) in [5.74, 6) is -4.85. The van der Waals surface area contributed by atoms with Crippen LogP contribution in [0.25, 0.3) is 0 Å². The molecule has 1 aliphatic rings. The van der Waals surface area contributed by atoms with Gasteiger partial charge in [0.2, 0.25) is 0 Å². The van der Waals surface area contributed by atoms with Crippen molar-refractivity contribution in [2.45, 2.75) is 12.8 Å². The molecule has 9 heteroatoms. The lowest BCUT2D eigenvalue weighted by molar-refractivity contribution is 0.102. The lowest BCUT2D eigenvalue weighted by atomic mass is 10.1. The molecular formula is C21H18F3N5O. The molecule has 1 amide bonds. The second-order valence-corrected chi connectivity index (χ2v) is 6.87. The Hall–Kier alpha value is -3.62. The third-order valence-electron chi connectivity index (χ3n) is 4.81. The van der Waals surface area contributed by atoms with E-state index in [1.807, 2.05) is 6.07 Å². The molecule has 30 heavy (non-hydrogen) atoms. The highest BCUT2D eigenvalue weighted by Crippen LogP contribution is 2.24. The number of amides is 1. The summed E-state index contributed by atoms with van der Waals surface area (Å²) >= 11 is 0. The first-order valence-corrected chi connectivity index (χ1v) is 9.41. The highest BCUT2D eigenvalue weighted by Gasteiger charge is 2.19. The second-order valence-electron chi connectivity index (χ2n) is 6.87. The number of benzene rings is 2. The van der Waals surface area contributed by atoms with Crippen LogP contribution in [0.15, 0.2) is 48.7 Å². The van der Waals surface area contributed by atoms with Gasteiger partial charge in [-0.3, -0.25) is 4.79 Å². The van der Waals surface area contributed by atoms with Crippen LogP contribution in [0.5, 0.6) is 0 Å². The van der Waals surface area contributed by atoms with Gasteiger partial charge in [0.05, 0.1) is 17.4 Å². The molecule has 2 heterocycles. The predicted octanol–water partition coefficient (Wildman–Crippen LogP) is 4.49. The number of aromatic nitrogens is 2. The molecule has 1 aromatic heterocycles. The summed E-state index contributed by atoms with van der Waals surface area (Å²) in [4.78, 5) is 14.4. The lowest BCUT2D eigenvalue weighted by Crippen LogP contribution is -2.18. The van der Waals surface area contributed by atoms with Gasteiger partial charge >= 0.3 is 0 Å². The first-order chi connectivity index (χ1) is 14.5. The van der Waals surface area contributed by atoms with Crippen molar-refractivity contribution in [1.82, 2.24) is 10.2 Å². The van der Waals surface area contributed by atoms with Crippen LogP contribution in [-0.2, 0) is 0 Å². The molecule has 154 valence electrons. The van der Waals surface area contributed by atoms with Crippen molar-refractivity contribution in [3.8, 4) is 0 Å². The van der Waals surface area contributed by atoms with Gasteiger partial charge in [-0.1, -0.05) is 0 Å². The zero-order chi connectivity index (χ0) is 21.1. The maximum atomic E-state index is 13.8. The van der Waals surface area contributed by atoms with Crippen LogP contribution < -0.4 is 15.5 Å². The van der Waals surface area contributed by atoms with Gasteiger partial charge in [-0.05, 0) is 49.2 Å². The van der Waals surface area contributed by atoms with Gasteiger partial charge in [0.1, 0.15) is 0 Å². The fourth-order valence-corrected chi connectivity index (χ4v) is 3.25. The van der Waals surface area contributed by atoms with E-state index in [9.17, 15) is 18.0 Å². The molecule has 1 saturated heterocycles. The Labute approximate surface area is 170 Å². The van der Waals surface area contributed by atoms with Crippen molar-refractivity contribution in [2.24, 2.45) is 0 Å². The van der Waals surface area contributed by atoms with Crippen LogP contribution >= 0.6 is 0 Å². The highest BCUT2D eigenvalue weighted by atomic mass is 19.2. The van der Waals surface area contributed by atoms with Crippen LogP contribution in [0.2, 0.25) is 0 Å². The third kappa shape index (κ3) is 4.19. The Morgan fingerprint density at radius 1 is 0.933 bits per heavy atom. The first kappa shape index (κ1) is 19.7. The van der Waals surface area contributed by atoms with E-state index in [1.54, 1.807) is 30.5 Å². The number of anilines is 4. The molecule has 0 aliphatic carbocycles. The molecule has 2 aromatic carbocycles. The number of hydrogen-bond donors (Lipinski definition) is 2. The molecule has 0 atom stereocenters. The van der Waals surface area contributed by atoms with Crippen molar-refractivity contribution in [3.05, 3.63) is 71.7 Å². The number of rotatable bonds is 5. The molecular weight excluding hydrogens is 395 g/mol. The summed E-state index contributed by atoms with van der Waals surface area (Å²) in [5, 5.41) is 13.7. The van der Waals surface area contributed by atoms with Crippen LogP contribution in [0, 0.1) is 17.5 Å². The zero-order valence-electron chi connectivity index (χ0n) is 15.8. The average molecular weight is 413 g/mol. The number of hydrogen-bond acceptors (Lipinski definition) is 5. The van der Waals surface area contributed by atoms with E-state index in [4.69, 9.17) is 0 Å². The van der Waals surface area contributed by atoms with Crippen molar-refractivity contribution in [3.63, 3.8) is 0 Å². The van der Waals surface area contributed by atoms with E-state index in [0.29, 0.717) is 23.3 Å². The quantitative estimate of drug-likeness (QED) is 0.603. The van der Waals surface area contributed by atoms with Gasteiger partial charge in [-0.2, -0.15) is 5.10 Å². The minimum Gasteiger partial charge on any atom is -0.370 e. The lowest BCUT2D eigenvalue weighted by Gasteiger charge is -2.17. The van der Waals surface area contributed by atoms with E-state index in [-0.39, 0.29) is 0 Å². The van der Waals surface area contributed by atoms with Crippen LogP contribution in [0.3, 0.4) is 0 Å². The van der Waals surface area contributed by atoms with Gasteiger partial charge in [0.15, 0.2) is 23.3 Å². The summed E-state index contributed by atoms with van der Waals surface area (Å²) in [7, 11) is 0.